The van der Waals surface area contributed by atoms with Crippen LogP contribution in [0.5, 0.6) is 17.2 Å². The van der Waals surface area contributed by atoms with Crippen LogP contribution in [0, 0.1) is 0 Å². The highest BCUT2D eigenvalue weighted by Gasteiger charge is 2.42. The number of methoxy groups -OCH3 is 2. The number of hydrogen-bond donors (Lipinski definition) is 0. The number of rotatable bonds is 4. The van der Waals surface area contributed by atoms with Gasteiger partial charge in [-0.3, -0.25) is 0 Å². The van der Waals surface area contributed by atoms with Gasteiger partial charge in [-0.15, -0.1) is 11.3 Å². The zero-order chi connectivity index (χ0) is 20.0. The van der Waals surface area contributed by atoms with E-state index in [4.69, 9.17) is 30.9 Å². The van der Waals surface area contributed by atoms with Crippen LogP contribution in [-0.2, 0) is 0 Å². The first-order valence-corrected chi connectivity index (χ1v) is 10.5. The molecule has 2 aliphatic heterocycles. The van der Waals surface area contributed by atoms with Gasteiger partial charge in [0, 0.05) is 17.0 Å². The first-order chi connectivity index (χ1) is 14.2. The predicted molar refractivity (Wildman–Crippen MR) is 114 cm³/mol. The summed E-state index contributed by atoms with van der Waals surface area (Å²) in [5, 5.41) is 9.74. The van der Waals surface area contributed by atoms with Gasteiger partial charge in [0.15, 0.2) is 11.5 Å². The van der Waals surface area contributed by atoms with Gasteiger partial charge in [0.25, 0.3) is 0 Å². The van der Waals surface area contributed by atoms with Crippen LogP contribution in [-0.4, -0.2) is 24.9 Å². The van der Waals surface area contributed by atoms with E-state index in [1.54, 1.807) is 25.6 Å². The number of benzene rings is 2. The van der Waals surface area contributed by atoms with Crippen molar-refractivity contribution in [3.63, 3.8) is 0 Å². The van der Waals surface area contributed by atoms with Crippen molar-refractivity contribution in [2.75, 3.05) is 14.2 Å². The maximum absolute atomic E-state index is 6.42. The third-order valence-corrected chi connectivity index (χ3v) is 6.41. The average molecular weight is 427 g/mol. The number of hydrogen-bond acceptors (Lipinski definition) is 6. The monoisotopic (exact) mass is 426 g/mol. The van der Waals surface area contributed by atoms with Crippen LogP contribution in [0.1, 0.15) is 34.7 Å². The summed E-state index contributed by atoms with van der Waals surface area (Å²) < 4.78 is 17.6. The van der Waals surface area contributed by atoms with Crippen LogP contribution in [0.25, 0.3) is 0 Å². The van der Waals surface area contributed by atoms with Crippen molar-refractivity contribution >= 4 is 28.6 Å². The quantitative estimate of drug-likeness (QED) is 0.539. The molecule has 0 radical (unpaired) electrons. The summed E-state index contributed by atoms with van der Waals surface area (Å²) in [7, 11) is 3.27. The second kappa shape index (κ2) is 7.28. The Balaban J connectivity index is 1.65. The van der Waals surface area contributed by atoms with Crippen LogP contribution in [0.4, 0.5) is 0 Å². The van der Waals surface area contributed by atoms with Crippen LogP contribution in [0.3, 0.4) is 0 Å². The number of halogens is 1. The first kappa shape index (κ1) is 18.3. The minimum atomic E-state index is -0.434. The van der Waals surface area contributed by atoms with Gasteiger partial charge in [-0.1, -0.05) is 23.7 Å². The maximum atomic E-state index is 6.42. The molecule has 0 aliphatic carbocycles. The molecule has 1 aromatic heterocycles. The summed E-state index contributed by atoms with van der Waals surface area (Å²) in [6.45, 7) is 0. The summed E-state index contributed by atoms with van der Waals surface area (Å²) in [5.41, 5.74) is 2.97. The van der Waals surface area contributed by atoms with Crippen LogP contribution >= 0.6 is 22.9 Å². The van der Waals surface area contributed by atoms with Crippen LogP contribution in [0.15, 0.2) is 59.0 Å². The molecule has 0 saturated carbocycles. The highest BCUT2D eigenvalue weighted by Crippen LogP contribution is 2.50. The standard InChI is InChI=1S/C22H19ClN2O3S/c1-26-19-6-3-5-14(21(19)27-2)22-25-17(12-16(24-25)20-7-4-10-29-20)15-11-13(23)8-9-18(15)28-22/h3-11,17,22H,12H2,1-2H3. The van der Waals surface area contributed by atoms with Gasteiger partial charge in [0.1, 0.15) is 5.75 Å². The number of hydrazone groups is 1. The van der Waals surface area contributed by atoms with Crippen molar-refractivity contribution in [3.05, 3.63) is 74.9 Å². The lowest BCUT2D eigenvalue weighted by atomic mass is 9.97. The predicted octanol–water partition coefficient (Wildman–Crippen LogP) is 5.66. The topological polar surface area (TPSA) is 43.3 Å². The molecule has 5 rings (SSSR count). The van der Waals surface area contributed by atoms with E-state index < -0.39 is 6.23 Å². The van der Waals surface area contributed by atoms with Crippen molar-refractivity contribution in [1.29, 1.82) is 0 Å². The van der Waals surface area contributed by atoms with Crippen molar-refractivity contribution < 1.29 is 14.2 Å². The lowest BCUT2D eigenvalue weighted by Gasteiger charge is -2.38. The molecular weight excluding hydrogens is 408 g/mol. The molecule has 7 heteroatoms. The molecule has 0 bridgehead atoms. The van der Waals surface area contributed by atoms with Gasteiger partial charge < -0.3 is 14.2 Å². The molecule has 0 spiro atoms. The van der Waals surface area contributed by atoms with E-state index in [2.05, 4.69) is 11.4 Å². The maximum Gasteiger partial charge on any atom is 0.217 e. The largest absolute Gasteiger partial charge is 0.493 e. The van der Waals surface area contributed by atoms with Crippen LogP contribution < -0.4 is 14.2 Å². The first-order valence-electron chi connectivity index (χ1n) is 9.26. The number of para-hydroxylation sites is 1. The fraction of sp³-hybridized carbons (Fsp3) is 0.227. The van der Waals surface area contributed by atoms with Crippen molar-refractivity contribution in [2.24, 2.45) is 5.10 Å². The molecule has 2 aromatic carbocycles. The zero-order valence-corrected chi connectivity index (χ0v) is 17.5. The van der Waals surface area contributed by atoms with E-state index >= 15 is 0 Å². The third-order valence-electron chi connectivity index (χ3n) is 5.26. The van der Waals surface area contributed by atoms with E-state index in [9.17, 15) is 0 Å². The highest BCUT2D eigenvalue weighted by atomic mass is 35.5. The molecule has 2 atom stereocenters. The number of ether oxygens (including phenoxy) is 3. The second-order valence-electron chi connectivity index (χ2n) is 6.86. The lowest BCUT2D eigenvalue weighted by molar-refractivity contribution is -0.0205. The normalized spacial score (nSPS) is 19.8. The SMILES string of the molecule is COc1cccc(C2Oc3ccc(Cl)cc3C3CC(c4cccs4)=NN32)c1OC. The fourth-order valence-electron chi connectivity index (χ4n) is 3.96. The molecule has 3 aromatic rings. The van der Waals surface area contributed by atoms with Gasteiger partial charge in [-0.05, 0) is 41.8 Å². The lowest BCUT2D eigenvalue weighted by Crippen LogP contribution is -2.34. The van der Waals surface area contributed by atoms with Crippen molar-refractivity contribution in [2.45, 2.75) is 18.7 Å². The Morgan fingerprint density at radius 3 is 2.76 bits per heavy atom. The minimum Gasteiger partial charge on any atom is -0.493 e. The summed E-state index contributed by atoms with van der Waals surface area (Å²) in [6, 6.07) is 15.7. The molecule has 29 heavy (non-hydrogen) atoms. The highest BCUT2D eigenvalue weighted by molar-refractivity contribution is 7.12. The number of fused-ring (bicyclic) bond motifs is 3. The Morgan fingerprint density at radius 2 is 2.00 bits per heavy atom. The van der Waals surface area contributed by atoms with Gasteiger partial charge in [0.05, 0.1) is 36.4 Å². The van der Waals surface area contributed by atoms with Gasteiger partial charge in [-0.25, -0.2) is 5.01 Å². The zero-order valence-electron chi connectivity index (χ0n) is 16.0. The van der Waals surface area contributed by atoms with Crippen LogP contribution in [0.2, 0.25) is 5.02 Å². The van der Waals surface area contributed by atoms with Gasteiger partial charge in [-0.2, -0.15) is 5.10 Å². The van der Waals surface area contributed by atoms with Gasteiger partial charge in [0.2, 0.25) is 6.23 Å². The Kier molecular flexibility index (Phi) is 4.60. The smallest absolute Gasteiger partial charge is 0.217 e. The Bertz CT molecular complexity index is 1080. The summed E-state index contributed by atoms with van der Waals surface area (Å²) in [4.78, 5) is 1.17. The number of nitrogens with zero attached hydrogens (tertiary/aromatic N) is 2. The van der Waals surface area contributed by atoms with E-state index in [-0.39, 0.29) is 6.04 Å². The molecule has 0 saturated heterocycles. The van der Waals surface area contributed by atoms with Gasteiger partial charge >= 0.3 is 0 Å². The van der Waals surface area contributed by atoms with E-state index in [1.807, 2.05) is 47.5 Å². The summed E-state index contributed by atoms with van der Waals surface area (Å²) >= 11 is 7.99. The second-order valence-corrected chi connectivity index (χ2v) is 8.24. The molecular formula is C22H19ClN2O3S. The molecule has 0 N–H and O–H groups in total. The summed E-state index contributed by atoms with van der Waals surface area (Å²) in [6.07, 6.45) is 0.358. The molecule has 2 aliphatic rings. The molecule has 0 fully saturated rings. The molecule has 3 heterocycles. The van der Waals surface area contributed by atoms with E-state index in [0.717, 1.165) is 29.0 Å². The number of thiophene rings is 1. The summed E-state index contributed by atoms with van der Waals surface area (Å²) in [5.74, 6) is 2.12. The van der Waals surface area contributed by atoms with Crippen molar-refractivity contribution in [1.82, 2.24) is 5.01 Å². The Labute approximate surface area is 178 Å². The molecule has 0 amide bonds. The Morgan fingerprint density at radius 1 is 1.10 bits per heavy atom. The van der Waals surface area contributed by atoms with Crippen molar-refractivity contribution in [3.8, 4) is 17.2 Å². The molecule has 148 valence electrons. The Hall–Kier alpha value is -2.70. The molecule has 2 unspecified atom stereocenters. The van der Waals surface area contributed by atoms with E-state index in [0.29, 0.717) is 16.5 Å². The fourth-order valence-corrected chi connectivity index (χ4v) is 4.86. The minimum absolute atomic E-state index is 0.0375. The van der Waals surface area contributed by atoms with E-state index in [1.165, 1.54) is 4.88 Å². The average Bonchev–Trinajstić information content (AvgIpc) is 3.42. The molecule has 5 nitrogen and oxygen atoms in total. The third kappa shape index (κ3) is 3.03.